The minimum absolute atomic E-state index is 0.126. The second-order valence-corrected chi connectivity index (χ2v) is 6.25. The highest BCUT2D eigenvalue weighted by molar-refractivity contribution is 5.49. The van der Waals surface area contributed by atoms with Crippen LogP contribution in [0, 0.1) is 11.2 Å². The molecule has 0 bridgehead atoms. The average Bonchev–Trinajstić information content (AvgIpc) is 2.45. The number of nitrogens with zero attached hydrogens (tertiary/aromatic N) is 1. The SMILES string of the molecule is CCNCc1cc(F)cc(N2CCC(C)(CC)CC2)c1. The van der Waals surface area contributed by atoms with E-state index >= 15 is 0 Å². The molecule has 1 aromatic rings. The molecule has 1 aliphatic rings. The van der Waals surface area contributed by atoms with E-state index in [9.17, 15) is 4.39 Å². The van der Waals surface area contributed by atoms with Crippen molar-refractivity contribution in [2.24, 2.45) is 5.41 Å². The van der Waals surface area contributed by atoms with Crippen LogP contribution in [0.25, 0.3) is 0 Å². The zero-order valence-electron chi connectivity index (χ0n) is 13.0. The van der Waals surface area contributed by atoms with E-state index in [1.807, 2.05) is 0 Å². The Bertz CT molecular complexity index is 437. The zero-order chi connectivity index (χ0) is 14.6. The van der Waals surface area contributed by atoms with Gasteiger partial charge in [-0.3, -0.25) is 0 Å². The summed E-state index contributed by atoms with van der Waals surface area (Å²) in [5.41, 5.74) is 2.54. The molecule has 0 saturated carbocycles. The standard InChI is InChI=1S/C17H27FN2/c1-4-17(3)6-8-20(9-7-17)16-11-14(13-19-5-2)10-15(18)12-16/h10-12,19H,4-9,13H2,1-3H3. The maximum Gasteiger partial charge on any atom is 0.125 e. The minimum atomic E-state index is -0.126. The van der Waals surface area contributed by atoms with E-state index in [1.165, 1.54) is 19.3 Å². The quantitative estimate of drug-likeness (QED) is 0.877. The molecule has 0 spiro atoms. The first-order chi connectivity index (χ1) is 9.56. The van der Waals surface area contributed by atoms with Crippen LogP contribution in [-0.2, 0) is 6.54 Å². The smallest absolute Gasteiger partial charge is 0.125 e. The lowest BCUT2D eigenvalue weighted by Crippen LogP contribution is -2.38. The summed E-state index contributed by atoms with van der Waals surface area (Å²) in [7, 11) is 0. The highest BCUT2D eigenvalue weighted by Gasteiger charge is 2.28. The van der Waals surface area contributed by atoms with Crippen LogP contribution in [0.1, 0.15) is 45.6 Å². The van der Waals surface area contributed by atoms with Crippen molar-refractivity contribution >= 4 is 5.69 Å². The Morgan fingerprint density at radius 1 is 1.20 bits per heavy atom. The van der Waals surface area contributed by atoms with Crippen molar-refractivity contribution in [3.05, 3.63) is 29.6 Å². The maximum absolute atomic E-state index is 13.8. The first-order valence-electron chi connectivity index (χ1n) is 7.81. The Balaban J connectivity index is 2.07. The molecule has 3 heteroatoms. The molecule has 1 aromatic carbocycles. The molecule has 2 rings (SSSR count). The normalized spacial score (nSPS) is 18.3. The summed E-state index contributed by atoms with van der Waals surface area (Å²) in [6.45, 7) is 10.4. The third-order valence-electron chi connectivity index (χ3n) is 4.71. The van der Waals surface area contributed by atoms with E-state index in [2.05, 4.69) is 37.1 Å². The van der Waals surface area contributed by atoms with Gasteiger partial charge >= 0.3 is 0 Å². The number of nitrogens with one attached hydrogen (secondary N) is 1. The molecule has 0 unspecified atom stereocenters. The third-order valence-corrected chi connectivity index (χ3v) is 4.71. The second kappa shape index (κ2) is 6.57. The summed E-state index contributed by atoms with van der Waals surface area (Å²) in [5, 5.41) is 3.26. The number of halogens is 1. The third kappa shape index (κ3) is 3.72. The average molecular weight is 278 g/mol. The second-order valence-electron chi connectivity index (χ2n) is 6.25. The fourth-order valence-corrected chi connectivity index (χ4v) is 2.85. The Hall–Kier alpha value is -1.09. The van der Waals surface area contributed by atoms with Crippen molar-refractivity contribution < 1.29 is 4.39 Å². The highest BCUT2D eigenvalue weighted by atomic mass is 19.1. The van der Waals surface area contributed by atoms with Crippen LogP contribution in [0.4, 0.5) is 10.1 Å². The molecule has 0 aliphatic carbocycles. The lowest BCUT2D eigenvalue weighted by atomic mass is 9.78. The van der Waals surface area contributed by atoms with Gasteiger partial charge in [0.25, 0.3) is 0 Å². The fraction of sp³-hybridized carbons (Fsp3) is 0.647. The Morgan fingerprint density at radius 2 is 1.90 bits per heavy atom. The monoisotopic (exact) mass is 278 g/mol. The molecular weight excluding hydrogens is 251 g/mol. The molecule has 1 aliphatic heterocycles. The van der Waals surface area contributed by atoms with Gasteiger partial charge in [-0.1, -0.05) is 27.2 Å². The van der Waals surface area contributed by atoms with Crippen LogP contribution in [0.5, 0.6) is 0 Å². The summed E-state index contributed by atoms with van der Waals surface area (Å²) < 4.78 is 13.8. The first kappa shape index (κ1) is 15.3. The molecule has 0 amide bonds. The van der Waals surface area contributed by atoms with Crippen LogP contribution in [0.15, 0.2) is 18.2 Å². The van der Waals surface area contributed by atoms with Gasteiger partial charge in [0.1, 0.15) is 5.82 Å². The highest BCUT2D eigenvalue weighted by Crippen LogP contribution is 2.35. The van der Waals surface area contributed by atoms with Crippen LogP contribution < -0.4 is 10.2 Å². The predicted molar refractivity (Wildman–Crippen MR) is 83.6 cm³/mol. The van der Waals surface area contributed by atoms with Crippen LogP contribution in [-0.4, -0.2) is 19.6 Å². The predicted octanol–water partition coefficient (Wildman–Crippen LogP) is 3.95. The van der Waals surface area contributed by atoms with Crippen molar-refractivity contribution in [2.75, 3.05) is 24.5 Å². The lowest BCUT2D eigenvalue weighted by Gasteiger charge is -2.40. The number of benzene rings is 1. The van der Waals surface area contributed by atoms with Crippen molar-refractivity contribution in [1.82, 2.24) is 5.32 Å². The number of rotatable bonds is 5. The van der Waals surface area contributed by atoms with E-state index in [0.29, 0.717) is 5.41 Å². The van der Waals surface area contributed by atoms with Gasteiger partial charge in [0.2, 0.25) is 0 Å². The largest absolute Gasteiger partial charge is 0.371 e. The number of hydrogen-bond acceptors (Lipinski definition) is 2. The zero-order valence-corrected chi connectivity index (χ0v) is 13.0. The Morgan fingerprint density at radius 3 is 2.50 bits per heavy atom. The molecule has 1 N–H and O–H groups in total. The summed E-state index contributed by atoms with van der Waals surface area (Å²) in [5.74, 6) is -0.126. The van der Waals surface area contributed by atoms with Crippen LogP contribution in [0.2, 0.25) is 0 Å². The van der Waals surface area contributed by atoms with Crippen molar-refractivity contribution in [3.63, 3.8) is 0 Å². The summed E-state index contributed by atoms with van der Waals surface area (Å²) in [6.07, 6.45) is 3.63. The van der Waals surface area contributed by atoms with Crippen molar-refractivity contribution in [1.29, 1.82) is 0 Å². The van der Waals surface area contributed by atoms with E-state index < -0.39 is 0 Å². The molecular formula is C17H27FN2. The van der Waals surface area contributed by atoms with Gasteiger partial charge < -0.3 is 10.2 Å². The minimum Gasteiger partial charge on any atom is -0.371 e. The van der Waals surface area contributed by atoms with Gasteiger partial charge in [0.15, 0.2) is 0 Å². The van der Waals surface area contributed by atoms with Gasteiger partial charge in [0.05, 0.1) is 0 Å². The molecule has 112 valence electrons. The topological polar surface area (TPSA) is 15.3 Å². The molecule has 1 fully saturated rings. The first-order valence-corrected chi connectivity index (χ1v) is 7.81. The summed E-state index contributed by atoms with van der Waals surface area (Å²) in [4.78, 5) is 2.33. The van der Waals surface area contributed by atoms with Crippen molar-refractivity contribution in [2.45, 2.75) is 46.6 Å². The van der Waals surface area contributed by atoms with Gasteiger partial charge in [-0.05, 0) is 48.6 Å². The molecule has 0 radical (unpaired) electrons. The van der Waals surface area contributed by atoms with Crippen LogP contribution >= 0.6 is 0 Å². The van der Waals surface area contributed by atoms with Crippen molar-refractivity contribution in [3.8, 4) is 0 Å². The van der Waals surface area contributed by atoms with E-state index in [4.69, 9.17) is 0 Å². The Kier molecular flexibility index (Phi) is 5.03. The van der Waals surface area contributed by atoms with Gasteiger partial charge in [-0.2, -0.15) is 0 Å². The molecule has 0 atom stereocenters. The van der Waals surface area contributed by atoms with Gasteiger partial charge in [-0.15, -0.1) is 0 Å². The fourth-order valence-electron chi connectivity index (χ4n) is 2.85. The number of anilines is 1. The maximum atomic E-state index is 13.8. The molecule has 0 aromatic heterocycles. The van der Waals surface area contributed by atoms with Crippen LogP contribution in [0.3, 0.4) is 0 Å². The number of piperidine rings is 1. The Labute approximate surface area is 122 Å². The summed E-state index contributed by atoms with van der Waals surface area (Å²) >= 11 is 0. The molecule has 1 heterocycles. The lowest BCUT2D eigenvalue weighted by molar-refractivity contribution is 0.238. The summed E-state index contributed by atoms with van der Waals surface area (Å²) in [6, 6.07) is 5.43. The van der Waals surface area contributed by atoms with E-state index in [0.717, 1.165) is 37.4 Å². The molecule has 20 heavy (non-hydrogen) atoms. The number of hydrogen-bond donors (Lipinski definition) is 1. The van der Waals surface area contributed by atoms with E-state index in [-0.39, 0.29) is 5.82 Å². The van der Waals surface area contributed by atoms with Gasteiger partial charge in [0, 0.05) is 25.3 Å². The molecule has 2 nitrogen and oxygen atoms in total. The molecule has 1 saturated heterocycles. The van der Waals surface area contributed by atoms with Gasteiger partial charge in [-0.25, -0.2) is 4.39 Å². The van der Waals surface area contributed by atoms with E-state index in [1.54, 1.807) is 12.1 Å².